The summed E-state index contributed by atoms with van der Waals surface area (Å²) in [6.45, 7) is 8.44. The van der Waals surface area contributed by atoms with Crippen molar-refractivity contribution in [2.45, 2.75) is 57.9 Å². The Labute approximate surface area is 354 Å². The topological polar surface area (TPSA) is 174 Å². The van der Waals surface area contributed by atoms with Crippen molar-refractivity contribution in [2.75, 3.05) is 26.4 Å². The van der Waals surface area contributed by atoms with Gasteiger partial charge in [0.2, 0.25) is 5.82 Å². The number of rotatable bonds is 25. The molecule has 4 aromatic carbocycles. The minimum Gasteiger partial charge on any atom is -0.494 e. The van der Waals surface area contributed by atoms with E-state index in [1.165, 1.54) is 12.1 Å². The van der Waals surface area contributed by atoms with E-state index in [9.17, 15) is 19.2 Å². The lowest BCUT2D eigenvalue weighted by molar-refractivity contribution is -0.138. The van der Waals surface area contributed by atoms with E-state index < -0.39 is 23.9 Å². The van der Waals surface area contributed by atoms with Crippen LogP contribution in [0.15, 0.2) is 133 Å². The lowest BCUT2D eigenvalue weighted by atomic mass is 10.1. The summed E-state index contributed by atoms with van der Waals surface area (Å²) in [4.78, 5) is 48.7. The van der Waals surface area contributed by atoms with Crippen molar-refractivity contribution in [1.82, 2.24) is 10.2 Å². The molecule has 0 fully saturated rings. The van der Waals surface area contributed by atoms with Crippen LogP contribution >= 0.6 is 0 Å². The third-order valence-electron chi connectivity index (χ3n) is 9.02. The number of ether oxygens (including phenoxy) is 6. The fourth-order valence-electron chi connectivity index (χ4n) is 5.77. The van der Waals surface area contributed by atoms with Crippen molar-refractivity contribution >= 4 is 40.5 Å². The zero-order valence-corrected chi connectivity index (χ0v) is 33.9. The molecule has 0 unspecified atom stereocenters. The standard InChI is InChI=1S/C47H48N4O10/c1-3-43(52)58-29-13-7-5-11-27-56-38-21-17-34(18-22-38)46(54)60-40-25-26-42(37(31-40)33-49-51-45-41-16-10-9-15-36(41)32-48-50-45)61-47(55)35-19-23-39(24-20-35)57-28-12-6-8-14-30-59-44(53)4-2/h3-4,9-10,15-26,31-32H,1-2,5-8,11-14,27-30,33H2. The minimum absolute atomic E-state index is 0.0412. The molecule has 316 valence electrons. The molecule has 0 bridgehead atoms. The summed E-state index contributed by atoms with van der Waals surface area (Å²) in [5.74, 6) is -0.0962. The maximum atomic E-state index is 13.3. The maximum Gasteiger partial charge on any atom is 0.343 e. The quantitative estimate of drug-likeness (QED) is 0.0179. The molecule has 1 aromatic heterocycles. The number of fused-ring (bicyclic) bond motifs is 1. The smallest absolute Gasteiger partial charge is 0.343 e. The largest absolute Gasteiger partial charge is 0.494 e. The number of carbonyl (C=O) groups is 4. The zero-order chi connectivity index (χ0) is 43.1. The van der Waals surface area contributed by atoms with E-state index in [1.54, 1.807) is 60.8 Å². The van der Waals surface area contributed by atoms with Crippen molar-refractivity contribution in [3.05, 3.63) is 139 Å². The van der Waals surface area contributed by atoms with Crippen LogP contribution in [0.4, 0.5) is 5.82 Å². The van der Waals surface area contributed by atoms with Gasteiger partial charge in [0.25, 0.3) is 0 Å². The first kappa shape index (κ1) is 44.9. The van der Waals surface area contributed by atoms with Crippen LogP contribution in [-0.2, 0) is 25.6 Å². The Hall–Kier alpha value is -7.22. The van der Waals surface area contributed by atoms with Gasteiger partial charge in [0.05, 0.1) is 50.3 Å². The Morgan fingerprint density at radius 3 is 1.69 bits per heavy atom. The van der Waals surface area contributed by atoms with Gasteiger partial charge in [-0.3, -0.25) is 0 Å². The number of carbonyl (C=O) groups excluding carboxylic acids is 4. The van der Waals surface area contributed by atoms with Gasteiger partial charge in [-0.25, -0.2) is 19.2 Å². The number of unbranched alkanes of at least 4 members (excludes halogenated alkanes) is 6. The number of azo groups is 1. The van der Waals surface area contributed by atoms with Crippen LogP contribution in [0.1, 0.15) is 77.6 Å². The van der Waals surface area contributed by atoms with Gasteiger partial charge < -0.3 is 28.4 Å². The zero-order valence-electron chi connectivity index (χ0n) is 33.9. The summed E-state index contributed by atoms with van der Waals surface area (Å²) in [6.07, 6.45) is 10.7. The first-order valence-corrected chi connectivity index (χ1v) is 20.0. The molecule has 0 atom stereocenters. The fourth-order valence-corrected chi connectivity index (χ4v) is 5.77. The van der Waals surface area contributed by atoms with Crippen LogP contribution in [0.3, 0.4) is 0 Å². The van der Waals surface area contributed by atoms with E-state index in [4.69, 9.17) is 28.4 Å². The Bertz CT molecular complexity index is 2270. The predicted molar refractivity (Wildman–Crippen MR) is 227 cm³/mol. The first-order valence-electron chi connectivity index (χ1n) is 20.0. The highest BCUT2D eigenvalue weighted by atomic mass is 16.5. The van der Waals surface area contributed by atoms with Gasteiger partial charge in [0.15, 0.2) is 0 Å². The molecule has 0 radical (unpaired) electrons. The van der Waals surface area contributed by atoms with Crippen molar-refractivity contribution in [2.24, 2.45) is 10.2 Å². The number of hydrogen-bond donors (Lipinski definition) is 0. The highest BCUT2D eigenvalue weighted by Crippen LogP contribution is 2.29. The van der Waals surface area contributed by atoms with Crippen molar-refractivity contribution < 1.29 is 47.6 Å². The summed E-state index contributed by atoms with van der Waals surface area (Å²) in [5, 5.41) is 18.4. The Morgan fingerprint density at radius 2 is 1.11 bits per heavy atom. The van der Waals surface area contributed by atoms with Gasteiger partial charge in [-0.15, -0.1) is 10.2 Å². The lowest BCUT2D eigenvalue weighted by Crippen LogP contribution is -2.11. The molecule has 0 aliphatic rings. The summed E-state index contributed by atoms with van der Waals surface area (Å²) < 4.78 is 33.1. The first-order chi connectivity index (χ1) is 29.8. The molecule has 0 amide bonds. The van der Waals surface area contributed by atoms with Gasteiger partial charge in [0.1, 0.15) is 23.0 Å². The third-order valence-corrected chi connectivity index (χ3v) is 9.02. The predicted octanol–water partition coefficient (Wildman–Crippen LogP) is 9.69. The molecule has 0 saturated carbocycles. The molecule has 14 nitrogen and oxygen atoms in total. The minimum atomic E-state index is -0.611. The fraction of sp³-hybridized carbons (Fsp3) is 0.277. The molecule has 0 saturated heterocycles. The second-order valence-electron chi connectivity index (χ2n) is 13.5. The number of hydrogen-bond acceptors (Lipinski definition) is 14. The maximum absolute atomic E-state index is 13.3. The summed E-state index contributed by atoms with van der Waals surface area (Å²) in [6, 6.07) is 25.4. The molecule has 5 aromatic rings. The van der Waals surface area contributed by atoms with E-state index in [0.29, 0.717) is 60.4 Å². The van der Waals surface area contributed by atoms with Crippen LogP contribution in [-0.4, -0.2) is 60.5 Å². The normalized spacial score (nSPS) is 10.8. The molecule has 0 aliphatic carbocycles. The van der Waals surface area contributed by atoms with Crippen LogP contribution in [0.5, 0.6) is 23.0 Å². The summed E-state index contributed by atoms with van der Waals surface area (Å²) in [7, 11) is 0. The number of esters is 4. The lowest BCUT2D eigenvalue weighted by Gasteiger charge is -2.12. The van der Waals surface area contributed by atoms with Gasteiger partial charge in [-0.05, 0) is 118 Å². The highest BCUT2D eigenvalue weighted by molar-refractivity contribution is 5.92. The van der Waals surface area contributed by atoms with Crippen LogP contribution in [0.25, 0.3) is 10.8 Å². The molecule has 14 heteroatoms. The molecule has 61 heavy (non-hydrogen) atoms. The van der Waals surface area contributed by atoms with Gasteiger partial charge >= 0.3 is 23.9 Å². The van der Waals surface area contributed by atoms with Crippen molar-refractivity contribution in [3.8, 4) is 23.0 Å². The Kier molecular flexibility index (Phi) is 18.1. The average Bonchev–Trinajstić information content (AvgIpc) is 3.29. The SMILES string of the molecule is C=CC(=O)OCCCCCCOc1ccc(C(=O)Oc2ccc(OC(=O)c3ccc(OCCCCCCOC(=O)C=C)cc3)c(CN=Nc3nncc4ccccc34)c2)cc1. The van der Waals surface area contributed by atoms with E-state index >= 15 is 0 Å². The molecular formula is C47H48N4O10. The van der Waals surface area contributed by atoms with E-state index in [0.717, 1.165) is 74.3 Å². The Balaban J connectivity index is 1.17. The number of nitrogens with zero attached hydrogens (tertiary/aromatic N) is 4. The number of aromatic nitrogens is 2. The molecule has 5 rings (SSSR count). The second kappa shape index (κ2) is 24.6. The summed E-state index contributed by atoms with van der Waals surface area (Å²) in [5.41, 5.74) is 1.03. The highest BCUT2D eigenvalue weighted by Gasteiger charge is 2.16. The van der Waals surface area contributed by atoms with E-state index in [1.807, 2.05) is 24.3 Å². The molecule has 0 aliphatic heterocycles. The van der Waals surface area contributed by atoms with Crippen LogP contribution in [0, 0.1) is 0 Å². The number of benzene rings is 4. The van der Waals surface area contributed by atoms with Crippen LogP contribution < -0.4 is 18.9 Å². The average molecular weight is 829 g/mol. The second-order valence-corrected chi connectivity index (χ2v) is 13.5. The van der Waals surface area contributed by atoms with Gasteiger partial charge in [-0.2, -0.15) is 10.2 Å². The monoisotopic (exact) mass is 828 g/mol. The molecule has 0 N–H and O–H groups in total. The van der Waals surface area contributed by atoms with Crippen molar-refractivity contribution in [3.63, 3.8) is 0 Å². The van der Waals surface area contributed by atoms with E-state index in [-0.39, 0.29) is 18.0 Å². The van der Waals surface area contributed by atoms with E-state index in [2.05, 4.69) is 33.6 Å². The van der Waals surface area contributed by atoms with Gasteiger partial charge in [0, 0.05) is 28.5 Å². The molecule has 1 heterocycles. The Morgan fingerprint density at radius 1 is 0.590 bits per heavy atom. The molecule has 0 spiro atoms. The third kappa shape index (κ3) is 15.2. The van der Waals surface area contributed by atoms with Crippen LogP contribution in [0.2, 0.25) is 0 Å². The van der Waals surface area contributed by atoms with Crippen molar-refractivity contribution in [1.29, 1.82) is 0 Å². The summed E-state index contributed by atoms with van der Waals surface area (Å²) >= 11 is 0. The van der Waals surface area contributed by atoms with Gasteiger partial charge in [-0.1, -0.05) is 37.4 Å². The molecular weight excluding hydrogens is 781 g/mol.